The number of aromatic amines is 2. The fraction of sp³-hybridized carbons (Fsp3) is 0.0769. The molecule has 90 valence electrons. The van der Waals surface area contributed by atoms with Crippen molar-refractivity contribution in [2.24, 2.45) is 7.05 Å². The Hall–Kier alpha value is -2.56. The van der Waals surface area contributed by atoms with Gasteiger partial charge in [-0.25, -0.2) is 0 Å². The molecule has 0 spiro atoms. The van der Waals surface area contributed by atoms with Gasteiger partial charge in [0, 0.05) is 18.6 Å². The smallest absolute Gasteiger partial charge is 0.274 e. The molecule has 3 aromatic rings. The van der Waals surface area contributed by atoms with Gasteiger partial charge in [0.05, 0.1) is 16.8 Å². The Morgan fingerprint density at radius 3 is 2.94 bits per heavy atom. The van der Waals surface area contributed by atoms with Gasteiger partial charge < -0.3 is 5.10 Å². The number of benzene rings is 1. The molecule has 2 aromatic heterocycles. The second-order valence-corrected chi connectivity index (χ2v) is 4.12. The van der Waals surface area contributed by atoms with E-state index in [1.165, 1.54) is 4.68 Å². The van der Waals surface area contributed by atoms with Gasteiger partial charge in [0.2, 0.25) is 0 Å². The molecule has 0 saturated carbocycles. The monoisotopic (exact) mass is 240 g/mol. The quantitative estimate of drug-likeness (QED) is 0.718. The summed E-state index contributed by atoms with van der Waals surface area (Å²) in [4.78, 5) is 11.9. The molecule has 5 heteroatoms. The average molecular weight is 240 g/mol. The molecule has 18 heavy (non-hydrogen) atoms. The summed E-state index contributed by atoms with van der Waals surface area (Å²) in [7, 11) is 1.69. The second kappa shape index (κ2) is 3.73. The lowest BCUT2D eigenvalue weighted by Gasteiger charge is -1.97. The van der Waals surface area contributed by atoms with Crippen molar-refractivity contribution in [2.45, 2.75) is 0 Å². The van der Waals surface area contributed by atoms with Gasteiger partial charge in [-0.3, -0.25) is 14.6 Å². The van der Waals surface area contributed by atoms with E-state index in [1.54, 1.807) is 19.3 Å². The number of hydrogen-bond acceptors (Lipinski definition) is 2. The van der Waals surface area contributed by atoms with E-state index < -0.39 is 0 Å². The van der Waals surface area contributed by atoms with Crippen molar-refractivity contribution < 1.29 is 0 Å². The Morgan fingerprint density at radius 2 is 2.28 bits per heavy atom. The van der Waals surface area contributed by atoms with Crippen LogP contribution in [0.4, 0.5) is 0 Å². The van der Waals surface area contributed by atoms with Gasteiger partial charge in [0.1, 0.15) is 0 Å². The van der Waals surface area contributed by atoms with E-state index in [0.29, 0.717) is 5.56 Å². The minimum Gasteiger partial charge on any atom is -0.303 e. The molecule has 5 nitrogen and oxygen atoms in total. The van der Waals surface area contributed by atoms with Gasteiger partial charge >= 0.3 is 0 Å². The highest BCUT2D eigenvalue weighted by molar-refractivity contribution is 5.90. The number of rotatable bonds is 2. The highest BCUT2D eigenvalue weighted by atomic mass is 16.1. The molecule has 0 atom stereocenters. The molecule has 0 fully saturated rings. The van der Waals surface area contributed by atoms with Crippen LogP contribution in [0.2, 0.25) is 0 Å². The van der Waals surface area contributed by atoms with Crippen LogP contribution in [0.1, 0.15) is 5.69 Å². The summed E-state index contributed by atoms with van der Waals surface area (Å²) in [6, 6.07) is 5.76. The maximum Gasteiger partial charge on any atom is 0.274 e. The van der Waals surface area contributed by atoms with Gasteiger partial charge in [0.15, 0.2) is 0 Å². The first-order valence-electron chi connectivity index (χ1n) is 5.56. The SMILES string of the molecule is C=Cc1n[nH]c2ccc(-c3c[nH]n(C)c3=O)cc12. The second-order valence-electron chi connectivity index (χ2n) is 4.12. The Balaban J connectivity index is 2.27. The highest BCUT2D eigenvalue weighted by Gasteiger charge is 2.09. The van der Waals surface area contributed by atoms with E-state index in [4.69, 9.17) is 0 Å². The van der Waals surface area contributed by atoms with Crippen LogP contribution in [-0.2, 0) is 7.05 Å². The molecule has 2 N–H and O–H groups in total. The van der Waals surface area contributed by atoms with Crippen LogP contribution in [0.3, 0.4) is 0 Å². The predicted octanol–water partition coefficient (Wildman–Crippen LogP) is 1.90. The summed E-state index contributed by atoms with van der Waals surface area (Å²) in [6.07, 6.45) is 3.40. The van der Waals surface area contributed by atoms with Gasteiger partial charge in [0.25, 0.3) is 5.56 Å². The first-order chi connectivity index (χ1) is 8.70. The molecule has 1 aromatic carbocycles. The lowest BCUT2D eigenvalue weighted by atomic mass is 10.1. The zero-order valence-corrected chi connectivity index (χ0v) is 9.90. The zero-order valence-electron chi connectivity index (χ0n) is 9.90. The molecule has 3 rings (SSSR count). The standard InChI is InChI=1S/C13H12N4O/c1-3-11-9-6-8(4-5-12(9)16-15-11)10-7-14-17(2)13(10)18/h3-7,14H,1H2,2H3,(H,15,16). The van der Waals surface area contributed by atoms with E-state index in [9.17, 15) is 4.79 Å². The minimum absolute atomic E-state index is 0.0435. The van der Waals surface area contributed by atoms with Crippen molar-refractivity contribution >= 4 is 17.0 Å². The fourth-order valence-corrected chi connectivity index (χ4v) is 2.03. The molecule has 0 aliphatic carbocycles. The first kappa shape index (κ1) is 10.6. The molecular formula is C13H12N4O. The Labute approximate surface area is 103 Å². The third-order valence-corrected chi connectivity index (χ3v) is 3.03. The summed E-state index contributed by atoms with van der Waals surface area (Å²) in [5.41, 5.74) is 3.20. The van der Waals surface area contributed by atoms with Crippen molar-refractivity contribution in [1.82, 2.24) is 20.0 Å². The summed E-state index contributed by atoms with van der Waals surface area (Å²) in [5, 5.41) is 10.9. The van der Waals surface area contributed by atoms with Crippen LogP contribution >= 0.6 is 0 Å². The fourth-order valence-electron chi connectivity index (χ4n) is 2.03. The summed E-state index contributed by atoms with van der Waals surface area (Å²) in [6.45, 7) is 3.72. The maximum absolute atomic E-state index is 11.9. The van der Waals surface area contributed by atoms with Crippen LogP contribution in [0, 0.1) is 0 Å². The van der Waals surface area contributed by atoms with Gasteiger partial charge in [-0.05, 0) is 23.8 Å². The molecule has 0 saturated heterocycles. The molecule has 0 unspecified atom stereocenters. The summed E-state index contributed by atoms with van der Waals surface area (Å²) in [5.74, 6) is 0. The molecule has 2 heterocycles. The van der Waals surface area contributed by atoms with E-state index in [2.05, 4.69) is 21.9 Å². The Bertz CT molecular complexity index is 791. The lowest BCUT2D eigenvalue weighted by Crippen LogP contribution is -2.12. The zero-order chi connectivity index (χ0) is 12.7. The molecule has 0 aliphatic heterocycles. The number of aryl methyl sites for hydroxylation is 1. The van der Waals surface area contributed by atoms with Crippen molar-refractivity contribution in [3.63, 3.8) is 0 Å². The Morgan fingerprint density at radius 1 is 1.44 bits per heavy atom. The number of H-pyrrole nitrogens is 2. The molecule has 0 amide bonds. The van der Waals surface area contributed by atoms with Crippen LogP contribution in [0.5, 0.6) is 0 Å². The van der Waals surface area contributed by atoms with Crippen LogP contribution in [0.25, 0.3) is 28.1 Å². The average Bonchev–Trinajstić information content (AvgIpc) is 2.94. The van der Waals surface area contributed by atoms with Crippen LogP contribution in [0.15, 0.2) is 35.8 Å². The predicted molar refractivity (Wildman–Crippen MR) is 71.2 cm³/mol. The van der Waals surface area contributed by atoms with Gasteiger partial charge in [-0.15, -0.1) is 0 Å². The van der Waals surface area contributed by atoms with Crippen LogP contribution < -0.4 is 5.56 Å². The number of hydrogen-bond donors (Lipinski definition) is 2. The normalized spacial score (nSPS) is 10.9. The van der Waals surface area contributed by atoms with E-state index in [1.807, 2.05) is 18.2 Å². The van der Waals surface area contributed by atoms with Crippen molar-refractivity contribution in [3.8, 4) is 11.1 Å². The van der Waals surface area contributed by atoms with Crippen molar-refractivity contribution in [1.29, 1.82) is 0 Å². The lowest BCUT2D eigenvalue weighted by molar-refractivity contribution is 0.740. The summed E-state index contributed by atoms with van der Waals surface area (Å²) < 4.78 is 1.45. The minimum atomic E-state index is -0.0435. The topological polar surface area (TPSA) is 66.5 Å². The Kier molecular flexibility index (Phi) is 2.19. The van der Waals surface area contributed by atoms with E-state index in [0.717, 1.165) is 22.2 Å². The number of nitrogens with one attached hydrogen (secondary N) is 2. The number of aromatic nitrogens is 4. The molecule has 0 aliphatic rings. The number of fused-ring (bicyclic) bond motifs is 1. The van der Waals surface area contributed by atoms with Crippen molar-refractivity contribution in [2.75, 3.05) is 0 Å². The maximum atomic E-state index is 11.9. The third-order valence-electron chi connectivity index (χ3n) is 3.03. The molecular weight excluding hydrogens is 228 g/mol. The molecule has 0 bridgehead atoms. The number of nitrogens with zero attached hydrogens (tertiary/aromatic N) is 2. The first-order valence-corrected chi connectivity index (χ1v) is 5.56. The van der Waals surface area contributed by atoms with Crippen LogP contribution in [-0.4, -0.2) is 20.0 Å². The third kappa shape index (κ3) is 1.41. The van der Waals surface area contributed by atoms with E-state index in [-0.39, 0.29) is 5.56 Å². The van der Waals surface area contributed by atoms with Crippen molar-refractivity contribution in [3.05, 3.63) is 47.0 Å². The summed E-state index contributed by atoms with van der Waals surface area (Å²) >= 11 is 0. The van der Waals surface area contributed by atoms with Gasteiger partial charge in [-0.1, -0.05) is 12.6 Å². The molecule has 0 radical (unpaired) electrons. The highest BCUT2D eigenvalue weighted by Crippen LogP contribution is 2.23. The largest absolute Gasteiger partial charge is 0.303 e. The van der Waals surface area contributed by atoms with E-state index >= 15 is 0 Å². The van der Waals surface area contributed by atoms with Gasteiger partial charge in [-0.2, -0.15) is 5.10 Å².